The van der Waals surface area contributed by atoms with Crippen molar-refractivity contribution in [2.24, 2.45) is 0 Å². The Morgan fingerprint density at radius 1 is 1.38 bits per heavy atom. The monoisotopic (exact) mass is 243 g/mol. The van der Waals surface area contributed by atoms with Crippen LogP contribution in [0.3, 0.4) is 0 Å². The number of carbonyl (C=O) groups excluding carboxylic acids is 2. The zero-order chi connectivity index (χ0) is 12.6. The average Bonchev–Trinajstić information content (AvgIpc) is 2.78. The van der Waals surface area contributed by atoms with Crippen molar-refractivity contribution >= 4 is 20.0 Å². The lowest BCUT2D eigenvalue weighted by atomic mass is 10.1. The molecule has 4 nitrogen and oxygen atoms in total. The van der Waals surface area contributed by atoms with Gasteiger partial charge >= 0.3 is 6.09 Å². The summed E-state index contributed by atoms with van der Waals surface area (Å²) in [5.41, 5.74) is -0.545. The zero-order valence-corrected chi connectivity index (χ0v) is 11.8. The molecule has 0 aromatic heterocycles. The maximum absolute atomic E-state index is 11.7. The van der Waals surface area contributed by atoms with E-state index in [1.54, 1.807) is 18.7 Å². The van der Waals surface area contributed by atoms with Gasteiger partial charge in [0.15, 0.2) is 5.78 Å². The number of carbonyl (C=O) groups is 2. The third-order valence-electron chi connectivity index (χ3n) is 2.80. The van der Waals surface area contributed by atoms with E-state index < -0.39 is 13.6 Å². The van der Waals surface area contributed by atoms with Gasteiger partial charge in [0.25, 0.3) is 0 Å². The van der Waals surface area contributed by atoms with Gasteiger partial charge in [0.2, 0.25) is 0 Å². The summed E-state index contributed by atoms with van der Waals surface area (Å²) in [7, 11) is -1.37. The summed E-state index contributed by atoms with van der Waals surface area (Å²) < 4.78 is 4.94. The van der Waals surface area contributed by atoms with Gasteiger partial charge in [-0.3, -0.25) is 9.69 Å². The highest BCUT2D eigenvalue weighted by Gasteiger charge is 2.60. The molecule has 0 spiro atoms. The predicted molar refractivity (Wildman–Crippen MR) is 65.3 cm³/mol. The molecule has 5 heteroatoms. The SMILES string of the molecule is CCOC(=O)N1CC1(C[Si](C)(C)C)C(C)=O. The smallest absolute Gasteiger partial charge is 0.410 e. The third kappa shape index (κ3) is 2.64. The fourth-order valence-electron chi connectivity index (χ4n) is 2.12. The fourth-order valence-corrected chi connectivity index (χ4v) is 4.43. The van der Waals surface area contributed by atoms with Gasteiger partial charge in [-0.25, -0.2) is 4.79 Å². The van der Waals surface area contributed by atoms with Gasteiger partial charge in [-0.2, -0.15) is 0 Å². The molecule has 1 fully saturated rings. The molecular formula is C11H21NO3Si. The number of hydrogen-bond donors (Lipinski definition) is 0. The van der Waals surface area contributed by atoms with Crippen LogP contribution in [0.15, 0.2) is 0 Å². The molecule has 1 aliphatic rings. The summed E-state index contributed by atoms with van der Waals surface area (Å²) in [5.74, 6) is 0.0861. The van der Waals surface area contributed by atoms with Gasteiger partial charge in [-0.1, -0.05) is 19.6 Å². The minimum absolute atomic E-state index is 0.0861. The van der Waals surface area contributed by atoms with Gasteiger partial charge in [0.05, 0.1) is 13.2 Å². The molecule has 1 amide bonds. The lowest BCUT2D eigenvalue weighted by molar-refractivity contribution is -0.119. The second kappa shape index (κ2) is 4.20. The van der Waals surface area contributed by atoms with Crippen LogP contribution in [0.25, 0.3) is 0 Å². The highest BCUT2D eigenvalue weighted by molar-refractivity contribution is 6.76. The molecule has 1 saturated heterocycles. The van der Waals surface area contributed by atoms with Crippen molar-refractivity contribution in [2.75, 3.05) is 13.2 Å². The van der Waals surface area contributed by atoms with Crippen molar-refractivity contribution < 1.29 is 14.3 Å². The first-order valence-electron chi connectivity index (χ1n) is 5.68. The molecule has 92 valence electrons. The standard InChI is InChI=1S/C11H21NO3Si/c1-6-15-10(14)12-7-11(12,9(2)13)8-16(3,4)5/h6-8H2,1-5H3. The number of hydrogen-bond acceptors (Lipinski definition) is 3. The Balaban J connectivity index is 2.74. The first-order valence-corrected chi connectivity index (χ1v) is 9.39. The van der Waals surface area contributed by atoms with Crippen LogP contribution in [0.4, 0.5) is 4.79 Å². The van der Waals surface area contributed by atoms with Crippen molar-refractivity contribution in [3.05, 3.63) is 0 Å². The predicted octanol–water partition coefficient (Wildman–Crippen LogP) is 2.12. The summed E-state index contributed by atoms with van der Waals surface area (Å²) >= 11 is 0. The molecule has 1 unspecified atom stereocenters. The summed E-state index contributed by atoms with van der Waals surface area (Å²) in [5, 5.41) is 0. The lowest BCUT2D eigenvalue weighted by Gasteiger charge is -2.22. The molecule has 0 aliphatic carbocycles. The second-order valence-corrected chi connectivity index (χ2v) is 11.1. The van der Waals surface area contributed by atoms with Crippen LogP contribution in [0.5, 0.6) is 0 Å². The van der Waals surface area contributed by atoms with E-state index in [0.717, 1.165) is 6.04 Å². The Labute approximate surface area is 98.0 Å². The van der Waals surface area contributed by atoms with E-state index in [2.05, 4.69) is 19.6 Å². The molecule has 1 atom stereocenters. The number of ketones is 1. The van der Waals surface area contributed by atoms with E-state index in [-0.39, 0.29) is 11.9 Å². The molecule has 1 heterocycles. The van der Waals surface area contributed by atoms with Crippen LogP contribution in [-0.2, 0) is 9.53 Å². The molecule has 0 saturated carbocycles. The number of amides is 1. The van der Waals surface area contributed by atoms with Crippen LogP contribution < -0.4 is 0 Å². The molecule has 1 aliphatic heterocycles. The molecule has 1 rings (SSSR count). The number of Topliss-reactive ketones (excluding diaryl/α,β-unsaturated/α-hetero) is 1. The highest BCUT2D eigenvalue weighted by Crippen LogP contribution is 2.41. The van der Waals surface area contributed by atoms with Crippen LogP contribution in [0, 0.1) is 0 Å². The molecule has 16 heavy (non-hydrogen) atoms. The zero-order valence-electron chi connectivity index (χ0n) is 10.8. The number of ether oxygens (including phenoxy) is 1. The van der Waals surface area contributed by atoms with Crippen LogP contribution in [-0.4, -0.2) is 43.5 Å². The quantitative estimate of drug-likeness (QED) is 0.561. The minimum Gasteiger partial charge on any atom is -0.450 e. The summed E-state index contributed by atoms with van der Waals surface area (Å²) in [6.45, 7) is 10.9. The molecule has 0 bridgehead atoms. The van der Waals surface area contributed by atoms with Gasteiger partial charge in [-0.05, 0) is 19.9 Å². The van der Waals surface area contributed by atoms with E-state index in [1.165, 1.54) is 0 Å². The van der Waals surface area contributed by atoms with Gasteiger partial charge in [0.1, 0.15) is 5.54 Å². The summed E-state index contributed by atoms with van der Waals surface area (Å²) in [4.78, 5) is 24.8. The molecule has 0 aromatic carbocycles. The van der Waals surface area contributed by atoms with Crippen LogP contribution in [0.2, 0.25) is 25.7 Å². The largest absolute Gasteiger partial charge is 0.450 e. The number of rotatable bonds is 4. The second-order valence-electron chi connectivity index (χ2n) is 5.61. The molecule has 0 N–H and O–H groups in total. The summed E-state index contributed by atoms with van der Waals surface area (Å²) in [6.07, 6.45) is -0.351. The van der Waals surface area contributed by atoms with E-state index in [1.807, 2.05) is 0 Å². The maximum atomic E-state index is 11.7. The maximum Gasteiger partial charge on any atom is 0.410 e. The average molecular weight is 243 g/mol. The Morgan fingerprint density at radius 3 is 2.31 bits per heavy atom. The Bertz CT molecular complexity index is 311. The van der Waals surface area contributed by atoms with E-state index in [9.17, 15) is 9.59 Å². The molecule has 0 aromatic rings. The van der Waals surface area contributed by atoms with Crippen LogP contribution in [0.1, 0.15) is 13.8 Å². The van der Waals surface area contributed by atoms with Crippen molar-refractivity contribution in [3.8, 4) is 0 Å². The first kappa shape index (κ1) is 13.2. The van der Waals surface area contributed by atoms with Crippen molar-refractivity contribution in [1.29, 1.82) is 0 Å². The topological polar surface area (TPSA) is 46.4 Å². The van der Waals surface area contributed by atoms with Crippen molar-refractivity contribution in [2.45, 2.75) is 45.1 Å². The Hall–Kier alpha value is -0.843. The van der Waals surface area contributed by atoms with Crippen molar-refractivity contribution in [3.63, 3.8) is 0 Å². The molecule has 0 radical (unpaired) electrons. The van der Waals surface area contributed by atoms with Gasteiger partial charge in [-0.15, -0.1) is 0 Å². The molecular weight excluding hydrogens is 222 g/mol. The minimum atomic E-state index is -1.37. The third-order valence-corrected chi connectivity index (χ3v) is 4.44. The fraction of sp³-hybridized carbons (Fsp3) is 0.818. The van der Waals surface area contributed by atoms with E-state index in [0.29, 0.717) is 13.2 Å². The van der Waals surface area contributed by atoms with Crippen molar-refractivity contribution in [1.82, 2.24) is 4.90 Å². The Morgan fingerprint density at radius 2 is 1.94 bits per heavy atom. The first-order chi connectivity index (χ1) is 7.23. The van der Waals surface area contributed by atoms with Crippen LogP contribution >= 0.6 is 0 Å². The normalized spacial score (nSPS) is 24.2. The Kier molecular flexibility index (Phi) is 3.47. The summed E-state index contributed by atoms with van der Waals surface area (Å²) in [6, 6.07) is 0.828. The highest BCUT2D eigenvalue weighted by atomic mass is 28.3. The number of nitrogens with zero attached hydrogens (tertiary/aromatic N) is 1. The van der Waals surface area contributed by atoms with E-state index >= 15 is 0 Å². The van der Waals surface area contributed by atoms with Gasteiger partial charge in [0, 0.05) is 8.07 Å². The van der Waals surface area contributed by atoms with Gasteiger partial charge < -0.3 is 4.74 Å². The van der Waals surface area contributed by atoms with E-state index in [4.69, 9.17) is 4.74 Å². The lowest BCUT2D eigenvalue weighted by Crippen LogP contribution is -2.38.